The van der Waals surface area contributed by atoms with Crippen molar-refractivity contribution in [2.75, 3.05) is 82.4 Å². The zero-order valence-electron chi connectivity index (χ0n) is 20.8. The summed E-state index contributed by atoms with van der Waals surface area (Å²) >= 11 is 0. The maximum atomic E-state index is 13.2. The lowest BCUT2D eigenvalue weighted by Crippen LogP contribution is -2.49. The lowest BCUT2D eigenvalue weighted by atomic mass is 10.1. The van der Waals surface area contributed by atoms with Crippen LogP contribution in [0.5, 0.6) is 11.5 Å². The van der Waals surface area contributed by atoms with Gasteiger partial charge in [-0.2, -0.15) is 4.98 Å². The molecule has 9 heteroatoms. The SMILES string of the molecule is CCOc1ccc(C(=O)N2CCN(c3nc(C)cc(N4CCN(C)CC4)n3)CC2)cc1OCC. The average Bonchev–Trinajstić information content (AvgIpc) is 2.85. The fourth-order valence-corrected chi connectivity index (χ4v) is 4.35. The van der Waals surface area contributed by atoms with E-state index in [1.54, 1.807) is 6.07 Å². The predicted octanol–water partition coefficient (Wildman–Crippen LogP) is 2.30. The second kappa shape index (κ2) is 10.9. The Bertz CT molecular complexity index is 985. The Hall–Kier alpha value is -3.07. The van der Waals surface area contributed by atoms with Gasteiger partial charge in [0.2, 0.25) is 5.95 Å². The van der Waals surface area contributed by atoms with Gasteiger partial charge in [0.25, 0.3) is 5.91 Å². The summed E-state index contributed by atoms with van der Waals surface area (Å²) in [6.07, 6.45) is 0. The average molecular weight is 469 g/mol. The van der Waals surface area contributed by atoms with Crippen molar-refractivity contribution in [1.82, 2.24) is 19.8 Å². The van der Waals surface area contributed by atoms with Gasteiger partial charge in [0.1, 0.15) is 5.82 Å². The number of aryl methyl sites for hydroxylation is 1. The molecular weight excluding hydrogens is 432 g/mol. The first-order chi connectivity index (χ1) is 16.5. The largest absolute Gasteiger partial charge is 0.490 e. The van der Waals surface area contributed by atoms with E-state index < -0.39 is 0 Å². The quantitative estimate of drug-likeness (QED) is 0.613. The highest BCUT2D eigenvalue weighted by Gasteiger charge is 2.25. The molecule has 0 bridgehead atoms. The van der Waals surface area contributed by atoms with Crippen LogP contribution < -0.4 is 19.3 Å². The maximum absolute atomic E-state index is 13.2. The maximum Gasteiger partial charge on any atom is 0.254 e. The van der Waals surface area contributed by atoms with Crippen LogP contribution in [0.3, 0.4) is 0 Å². The number of benzene rings is 1. The molecule has 1 aromatic carbocycles. The Kier molecular flexibility index (Phi) is 7.72. The number of ether oxygens (including phenoxy) is 2. The van der Waals surface area contributed by atoms with E-state index >= 15 is 0 Å². The number of amides is 1. The molecule has 3 heterocycles. The molecule has 0 spiro atoms. The highest BCUT2D eigenvalue weighted by Crippen LogP contribution is 2.29. The number of piperazine rings is 2. The van der Waals surface area contributed by atoms with Crippen molar-refractivity contribution in [2.24, 2.45) is 0 Å². The minimum Gasteiger partial charge on any atom is -0.490 e. The topological polar surface area (TPSA) is 74.3 Å². The van der Waals surface area contributed by atoms with Crippen LogP contribution in [-0.4, -0.2) is 98.3 Å². The van der Waals surface area contributed by atoms with Gasteiger partial charge in [0, 0.05) is 69.7 Å². The molecule has 2 saturated heterocycles. The van der Waals surface area contributed by atoms with Crippen LogP contribution in [0.1, 0.15) is 29.9 Å². The number of nitrogens with zero attached hydrogens (tertiary/aromatic N) is 6. The number of hydrogen-bond donors (Lipinski definition) is 0. The van der Waals surface area contributed by atoms with Crippen LogP contribution in [0.4, 0.5) is 11.8 Å². The molecule has 34 heavy (non-hydrogen) atoms. The molecule has 1 amide bonds. The molecule has 0 radical (unpaired) electrons. The van der Waals surface area contributed by atoms with Crippen LogP contribution >= 0.6 is 0 Å². The van der Waals surface area contributed by atoms with E-state index in [4.69, 9.17) is 19.4 Å². The van der Waals surface area contributed by atoms with Gasteiger partial charge in [-0.3, -0.25) is 4.79 Å². The fourth-order valence-electron chi connectivity index (χ4n) is 4.35. The van der Waals surface area contributed by atoms with Gasteiger partial charge in [-0.05, 0) is 46.0 Å². The molecule has 0 saturated carbocycles. The third-order valence-electron chi connectivity index (χ3n) is 6.30. The minimum atomic E-state index is 0.00642. The number of likely N-dealkylation sites (N-methyl/N-ethyl adjacent to an activating group) is 1. The van der Waals surface area contributed by atoms with Crippen LogP contribution in [-0.2, 0) is 0 Å². The highest BCUT2D eigenvalue weighted by atomic mass is 16.5. The molecule has 2 aliphatic rings. The summed E-state index contributed by atoms with van der Waals surface area (Å²) in [6.45, 7) is 13.6. The predicted molar refractivity (Wildman–Crippen MR) is 133 cm³/mol. The lowest BCUT2D eigenvalue weighted by molar-refractivity contribution is 0.0745. The van der Waals surface area contributed by atoms with E-state index in [2.05, 4.69) is 27.8 Å². The van der Waals surface area contributed by atoms with Gasteiger partial charge < -0.3 is 29.1 Å². The zero-order chi connectivity index (χ0) is 24.1. The van der Waals surface area contributed by atoms with Crippen LogP contribution in [0.15, 0.2) is 24.3 Å². The molecule has 0 unspecified atom stereocenters. The standard InChI is InChI=1S/C25H36N6O3/c1-5-33-21-8-7-20(18-22(21)34-6-2)24(32)30-13-15-31(16-14-30)25-26-19(3)17-23(27-25)29-11-9-28(4)10-12-29/h7-8,17-18H,5-6,9-16H2,1-4H3. The molecule has 4 rings (SSSR count). The second-order valence-electron chi connectivity index (χ2n) is 8.76. The highest BCUT2D eigenvalue weighted by molar-refractivity contribution is 5.95. The summed E-state index contributed by atoms with van der Waals surface area (Å²) in [6, 6.07) is 7.48. The summed E-state index contributed by atoms with van der Waals surface area (Å²) in [4.78, 5) is 31.5. The van der Waals surface area contributed by atoms with Gasteiger partial charge in [0.05, 0.1) is 13.2 Å². The number of hydrogen-bond acceptors (Lipinski definition) is 8. The van der Waals surface area contributed by atoms with Gasteiger partial charge in [-0.1, -0.05) is 0 Å². The molecule has 2 aliphatic heterocycles. The van der Waals surface area contributed by atoms with Gasteiger partial charge in [-0.25, -0.2) is 4.98 Å². The zero-order valence-corrected chi connectivity index (χ0v) is 20.8. The number of anilines is 2. The molecule has 2 fully saturated rings. The molecule has 1 aromatic heterocycles. The van der Waals surface area contributed by atoms with Gasteiger partial charge in [-0.15, -0.1) is 0 Å². The first-order valence-corrected chi connectivity index (χ1v) is 12.2. The second-order valence-corrected chi connectivity index (χ2v) is 8.76. The number of aromatic nitrogens is 2. The third kappa shape index (κ3) is 5.52. The summed E-state index contributed by atoms with van der Waals surface area (Å²) < 4.78 is 11.3. The first-order valence-electron chi connectivity index (χ1n) is 12.2. The van der Waals surface area contributed by atoms with E-state index in [9.17, 15) is 4.79 Å². The van der Waals surface area contributed by atoms with Crippen molar-refractivity contribution in [1.29, 1.82) is 0 Å². The van der Waals surface area contributed by atoms with Crippen molar-refractivity contribution >= 4 is 17.7 Å². The normalized spacial score (nSPS) is 17.1. The van der Waals surface area contributed by atoms with Crippen LogP contribution in [0.2, 0.25) is 0 Å². The lowest BCUT2D eigenvalue weighted by Gasteiger charge is -2.36. The Labute approximate surface area is 202 Å². The van der Waals surface area contributed by atoms with E-state index in [1.807, 2.05) is 37.8 Å². The summed E-state index contributed by atoms with van der Waals surface area (Å²) in [5.74, 6) is 3.02. The minimum absolute atomic E-state index is 0.00642. The molecule has 184 valence electrons. The molecule has 9 nitrogen and oxygen atoms in total. The molecule has 0 N–H and O–H groups in total. The Morgan fingerprint density at radius 1 is 0.853 bits per heavy atom. The monoisotopic (exact) mass is 468 g/mol. The van der Waals surface area contributed by atoms with E-state index in [0.29, 0.717) is 56.5 Å². The molecule has 2 aromatic rings. The van der Waals surface area contributed by atoms with Crippen molar-refractivity contribution in [3.63, 3.8) is 0 Å². The number of carbonyl (C=O) groups excluding carboxylic acids is 1. The van der Waals surface area contributed by atoms with Crippen molar-refractivity contribution in [3.05, 3.63) is 35.5 Å². The Morgan fingerprint density at radius 2 is 1.50 bits per heavy atom. The molecule has 0 aliphatic carbocycles. The van der Waals surface area contributed by atoms with Crippen molar-refractivity contribution in [3.8, 4) is 11.5 Å². The first kappa shape index (κ1) is 24.1. The Morgan fingerprint density at radius 3 is 2.18 bits per heavy atom. The number of rotatable bonds is 7. The fraction of sp³-hybridized carbons (Fsp3) is 0.560. The summed E-state index contributed by atoms with van der Waals surface area (Å²) in [5, 5.41) is 0. The number of carbonyl (C=O) groups is 1. The molecular formula is C25H36N6O3. The molecule has 0 atom stereocenters. The van der Waals surface area contributed by atoms with E-state index in [-0.39, 0.29) is 5.91 Å². The van der Waals surface area contributed by atoms with Crippen LogP contribution in [0.25, 0.3) is 0 Å². The van der Waals surface area contributed by atoms with Crippen LogP contribution in [0, 0.1) is 6.92 Å². The smallest absolute Gasteiger partial charge is 0.254 e. The van der Waals surface area contributed by atoms with Crippen molar-refractivity contribution in [2.45, 2.75) is 20.8 Å². The third-order valence-corrected chi connectivity index (χ3v) is 6.30. The van der Waals surface area contributed by atoms with E-state index in [1.165, 1.54) is 0 Å². The van der Waals surface area contributed by atoms with E-state index in [0.717, 1.165) is 43.6 Å². The summed E-state index contributed by atoms with van der Waals surface area (Å²) in [7, 11) is 2.15. The van der Waals surface area contributed by atoms with Crippen molar-refractivity contribution < 1.29 is 14.3 Å². The van der Waals surface area contributed by atoms with Gasteiger partial charge >= 0.3 is 0 Å². The Balaban J connectivity index is 1.41. The summed E-state index contributed by atoms with van der Waals surface area (Å²) in [5.41, 5.74) is 1.58. The van der Waals surface area contributed by atoms with Gasteiger partial charge in [0.15, 0.2) is 11.5 Å².